The first-order chi connectivity index (χ1) is 10.1. The largest absolute Gasteiger partial charge is 0.326 e. The summed E-state index contributed by atoms with van der Waals surface area (Å²) in [5, 5.41) is 2.75. The smallest absolute Gasteiger partial charge is 0.225 e. The number of amides is 1. The Morgan fingerprint density at radius 1 is 1.05 bits per heavy atom. The van der Waals surface area contributed by atoms with Crippen LogP contribution in [0.5, 0.6) is 0 Å². The van der Waals surface area contributed by atoms with Crippen LogP contribution in [0.3, 0.4) is 0 Å². The van der Waals surface area contributed by atoms with Gasteiger partial charge in [-0.1, -0.05) is 30.3 Å². The van der Waals surface area contributed by atoms with E-state index in [1.165, 1.54) is 12.1 Å². The van der Waals surface area contributed by atoms with Crippen molar-refractivity contribution in [3.63, 3.8) is 0 Å². The number of para-hydroxylation sites is 1. The summed E-state index contributed by atoms with van der Waals surface area (Å²) in [6, 6.07) is 15.0. The molecule has 1 atom stereocenters. The molecule has 2 rings (SSSR count). The average molecular weight is 305 g/mol. The van der Waals surface area contributed by atoms with Gasteiger partial charge in [0, 0.05) is 34.4 Å². The molecule has 0 aromatic heterocycles. The molecule has 0 saturated carbocycles. The molecule has 0 aliphatic heterocycles. The maximum atomic E-state index is 12.8. The predicted molar refractivity (Wildman–Crippen MR) is 82.8 cm³/mol. The number of halogens is 1. The quantitative estimate of drug-likeness (QED) is 0.891. The van der Waals surface area contributed by atoms with E-state index >= 15 is 0 Å². The van der Waals surface area contributed by atoms with Crippen molar-refractivity contribution < 1.29 is 13.4 Å². The second-order valence-electron chi connectivity index (χ2n) is 4.58. The first kappa shape index (κ1) is 15.4. The maximum Gasteiger partial charge on any atom is 0.225 e. The van der Waals surface area contributed by atoms with Crippen LogP contribution >= 0.6 is 0 Å². The van der Waals surface area contributed by atoms with E-state index in [-0.39, 0.29) is 23.9 Å². The molecule has 0 aliphatic rings. The average Bonchev–Trinajstić information content (AvgIpc) is 2.49. The molecule has 110 valence electrons. The Bertz CT molecular complexity index is 614. The molecule has 0 saturated heterocycles. The van der Waals surface area contributed by atoms with Crippen molar-refractivity contribution in [1.29, 1.82) is 0 Å². The highest BCUT2D eigenvalue weighted by Gasteiger charge is 2.07. The Morgan fingerprint density at radius 2 is 1.71 bits per heavy atom. The summed E-state index contributed by atoms with van der Waals surface area (Å²) in [4.78, 5) is 11.7. The Balaban J connectivity index is 1.76. The van der Waals surface area contributed by atoms with E-state index < -0.39 is 10.8 Å². The number of benzene rings is 2. The zero-order valence-electron chi connectivity index (χ0n) is 11.4. The highest BCUT2D eigenvalue weighted by molar-refractivity contribution is 7.84. The van der Waals surface area contributed by atoms with Crippen LogP contribution in [0, 0.1) is 5.82 Å². The molecule has 0 bridgehead atoms. The minimum Gasteiger partial charge on any atom is -0.326 e. The van der Waals surface area contributed by atoms with Crippen LogP contribution in [0.15, 0.2) is 54.6 Å². The van der Waals surface area contributed by atoms with Gasteiger partial charge in [-0.3, -0.25) is 9.00 Å². The van der Waals surface area contributed by atoms with Gasteiger partial charge in [-0.25, -0.2) is 4.39 Å². The van der Waals surface area contributed by atoms with Crippen LogP contribution in [0.1, 0.15) is 12.0 Å². The summed E-state index contributed by atoms with van der Waals surface area (Å²) in [5.74, 6) is 0.148. The van der Waals surface area contributed by atoms with Crippen molar-refractivity contribution in [2.75, 3.05) is 11.1 Å². The Morgan fingerprint density at radius 3 is 2.38 bits per heavy atom. The SMILES string of the molecule is O=C(CCS(=O)Cc1ccc(F)cc1)Nc1ccccc1. The van der Waals surface area contributed by atoms with Crippen molar-refractivity contribution in [2.24, 2.45) is 0 Å². The summed E-state index contributed by atoms with van der Waals surface area (Å²) in [6.45, 7) is 0. The van der Waals surface area contributed by atoms with E-state index in [1.807, 2.05) is 18.2 Å². The van der Waals surface area contributed by atoms with E-state index in [9.17, 15) is 13.4 Å². The topological polar surface area (TPSA) is 46.2 Å². The highest BCUT2D eigenvalue weighted by atomic mass is 32.2. The Labute approximate surface area is 125 Å². The monoisotopic (exact) mass is 305 g/mol. The summed E-state index contributed by atoms with van der Waals surface area (Å²) in [6.07, 6.45) is 0.197. The molecule has 21 heavy (non-hydrogen) atoms. The summed E-state index contributed by atoms with van der Waals surface area (Å²) in [5.41, 5.74) is 1.53. The van der Waals surface area contributed by atoms with Crippen LogP contribution < -0.4 is 5.32 Å². The number of nitrogens with one attached hydrogen (secondary N) is 1. The van der Waals surface area contributed by atoms with Crippen molar-refractivity contribution in [3.05, 3.63) is 66.0 Å². The summed E-state index contributed by atoms with van der Waals surface area (Å²) < 4.78 is 24.6. The third kappa shape index (κ3) is 5.47. The van der Waals surface area contributed by atoms with Crippen molar-refractivity contribution in [1.82, 2.24) is 0 Å². The molecule has 3 nitrogen and oxygen atoms in total. The van der Waals surface area contributed by atoms with Crippen LogP contribution in [0.4, 0.5) is 10.1 Å². The first-order valence-electron chi connectivity index (χ1n) is 6.58. The number of hydrogen-bond acceptors (Lipinski definition) is 2. The fraction of sp³-hybridized carbons (Fsp3) is 0.188. The normalized spacial score (nSPS) is 11.9. The van der Waals surface area contributed by atoms with Crippen molar-refractivity contribution in [2.45, 2.75) is 12.2 Å². The number of hydrogen-bond donors (Lipinski definition) is 1. The molecular formula is C16H16FNO2S. The lowest BCUT2D eigenvalue weighted by Crippen LogP contribution is -2.15. The van der Waals surface area contributed by atoms with E-state index in [0.29, 0.717) is 5.75 Å². The molecule has 0 radical (unpaired) electrons. The van der Waals surface area contributed by atoms with Gasteiger partial charge in [0.05, 0.1) is 0 Å². The predicted octanol–water partition coefficient (Wildman–Crippen LogP) is 3.10. The van der Waals surface area contributed by atoms with Gasteiger partial charge >= 0.3 is 0 Å². The molecule has 1 unspecified atom stereocenters. The van der Waals surface area contributed by atoms with Gasteiger partial charge in [0.2, 0.25) is 5.91 Å². The Kier molecular flexibility index (Phi) is 5.63. The molecular weight excluding hydrogens is 289 g/mol. The minimum atomic E-state index is -1.14. The van der Waals surface area contributed by atoms with E-state index in [4.69, 9.17) is 0 Å². The van der Waals surface area contributed by atoms with Crippen LogP contribution in [0.25, 0.3) is 0 Å². The highest BCUT2D eigenvalue weighted by Crippen LogP contribution is 2.08. The second kappa shape index (κ2) is 7.69. The van der Waals surface area contributed by atoms with Gasteiger partial charge in [0.15, 0.2) is 0 Å². The lowest BCUT2D eigenvalue weighted by atomic mass is 10.2. The van der Waals surface area contributed by atoms with Gasteiger partial charge in [-0.05, 0) is 29.8 Å². The first-order valence-corrected chi connectivity index (χ1v) is 8.06. The zero-order valence-corrected chi connectivity index (χ0v) is 12.2. The summed E-state index contributed by atoms with van der Waals surface area (Å²) in [7, 11) is -1.14. The van der Waals surface area contributed by atoms with E-state index in [2.05, 4.69) is 5.32 Å². The molecule has 0 heterocycles. The van der Waals surface area contributed by atoms with Gasteiger partial charge in [0.1, 0.15) is 5.82 Å². The molecule has 2 aromatic rings. The fourth-order valence-corrected chi connectivity index (χ4v) is 2.91. The van der Waals surface area contributed by atoms with Crippen molar-refractivity contribution >= 4 is 22.4 Å². The van der Waals surface area contributed by atoms with Gasteiger partial charge in [-0.15, -0.1) is 0 Å². The third-order valence-electron chi connectivity index (χ3n) is 2.86. The van der Waals surface area contributed by atoms with Crippen LogP contribution in [-0.4, -0.2) is 15.9 Å². The maximum absolute atomic E-state index is 12.8. The van der Waals surface area contributed by atoms with Gasteiger partial charge < -0.3 is 5.32 Å². The van der Waals surface area contributed by atoms with Crippen molar-refractivity contribution in [3.8, 4) is 0 Å². The van der Waals surface area contributed by atoms with Gasteiger partial charge in [-0.2, -0.15) is 0 Å². The summed E-state index contributed by atoms with van der Waals surface area (Å²) >= 11 is 0. The number of carbonyl (C=O) groups is 1. The lowest BCUT2D eigenvalue weighted by molar-refractivity contribution is -0.115. The standard InChI is InChI=1S/C16H16FNO2S/c17-14-8-6-13(7-9-14)12-21(20)11-10-16(19)18-15-4-2-1-3-5-15/h1-9H,10-12H2,(H,18,19). The van der Waals surface area contributed by atoms with E-state index in [0.717, 1.165) is 11.3 Å². The van der Waals surface area contributed by atoms with Gasteiger partial charge in [0.25, 0.3) is 0 Å². The molecule has 0 spiro atoms. The Hall–Kier alpha value is -2.01. The van der Waals surface area contributed by atoms with Crippen LogP contribution in [0.2, 0.25) is 0 Å². The minimum absolute atomic E-state index is 0.159. The molecule has 0 fully saturated rings. The zero-order chi connectivity index (χ0) is 15.1. The molecule has 0 aliphatic carbocycles. The van der Waals surface area contributed by atoms with E-state index in [1.54, 1.807) is 24.3 Å². The fourth-order valence-electron chi connectivity index (χ4n) is 1.79. The molecule has 2 aromatic carbocycles. The van der Waals surface area contributed by atoms with Crippen LogP contribution in [-0.2, 0) is 21.3 Å². The molecule has 1 amide bonds. The number of carbonyl (C=O) groups excluding carboxylic acids is 1. The molecule has 5 heteroatoms. The number of rotatable bonds is 6. The number of anilines is 1. The second-order valence-corrected chi connectivity index (χ2v) is 6.16. The molecule has 1 N–H and O–H groups in total. The lowest BCUT2D eigenvalue weighted by Gasteiger charge is -2.05. The third-order valence-corrected chi connectivity index (χ3v) is 4.17.